The van der Waals surface area contributed by atoms with Crippen LogP contribution in [0.15, 0.2) is 47.8 Å². The Hall–Kier alpha value is -2.54. The average Bonchev–Trinajstić information content (AvgIpc) is 3.21. The maximum absolute atomic E-state index is 12.6. The van der Waals surface area contributed by atoms with Gasteiger partial charge < -0.3 is 5.32 Å². The van der Waals surface area contributed by atoms with Crippen LogP contribution < -0.4 is 5.32 Å². The molecule has 162 valence electrons. The number of benzene rings is 2. The van der Waals surface area contributed by atoms with Crippen LogP contribution in [0.1, 0.15) is 22.4 Å². The number of aromatic nitrogens is 1. The minimum absolute atomic E-state index is 0.0653. The first-order valence-corrected chi connectivity index (χ1v) is 11.7. The van der Waals surface area contributed by atoms with E-state index in [1.54, 1.807) is 11.3 Å². The summed E-state index contributed by atoms with van der Waals surface area (Å²) in [6.07, 6.45) is 0. The van der Waals surface area contributed by atoms with Crippen molar-refractivity contribution in [3.8, 4) is 10.6 Å². The van der Waals surface area contributed by atoms with E-state index in [9.17, 15) is 4.79 Å². The molecular formula is C25H30N4OS. The fourth-order valence-corrected chi connectivity index (χ4v) is 5.00. The molecule has 3 aromatic rings. The summed E-state index contributed by atoms with van der Waals surface area (Å²) in [5.41, 5.74) is 6.71. The minimum atomic E-state index is 0.0653. The van der Waals surface area contributed by atoms with Crippen molar-refractivity contribution < 1.29 is 4.79 Å². The van der Waals surface area contributed by atoms with Gasteiger partial charge >= 0.3 is 0 Å². The molecule has 6 heteroatoms. The lowest BCUT2D eigenvalue weighted by molar-refractivity contribution is -0.117. The zero-order valence-corrected chi connectivity index (χ0v) is 19.3. The highest BCUT2D eigenvalue weighted by Gasteiger charge is 2.20. The van der Waals surface area contributed by atoms with Gasteiger partial charge in [0.15, 0.2) is 0 Å². The minimum Gasteiger partial charge on any atom is -0.324 e. The maximum Gasteiger partial charge on any atom is 0.238 e. The first-order chi connectivity index (χ1) is 15.0. The quantitative estimate of drug-likeness (QED) is 0.621. The molecule has 1 amide bonds. The number of amides is 1. The van der Waals surface area contributed by atoms with Gasteiger partial charge in [-0.25, -0.2) is 4.98 Å². The number of nitrogens with zero attached hydrogens (tertiary/aromatic N) is 3. The number of anilines is 1. The van der Waals surface area contributed by atoms with Gasteiger partial charge in [0, 0.05) is 49.4 Å². The van der Waals surface area contributed by atoms with Crippen molar-refractivity contribution in [2.45, 2.75) is 27.3 Å². The highest BCUT2D eigenvalue weighted by Crippen LogP contribution is 2.24. The molecule has 2 aromatic carbocycles. The van der Waals surface area contributed by atoms with Crippen molar-refractivity contribution in [3.63, 3.8) is 0 Å². The summed E-state index contributed by atoms with van der Waals surface area (Å²) in [4.78, 5) is 22.1. The summed E-state index contributed by atoms with van der Waals surface area (Å²) in [6.45, 7) is 11.2. The van der Waals surface area contributed by atoms with Crippen LogP contribution in [0.5, 0.6) is 0 Å². The molecule has 0 saturated carbocycles. The first kappa shape index (κ1) is 21.7. The molecule has 1 aliphatic rings. The second-order valence-corrected chi connectivity index (χ2v) is 9.24. The van der Waals surface area contributed by atoms with Crippen LogP contribution in [0.4, 0.5) is 5.69 Å². The van der Waals surface area contributed by atoms with Crippen molar-refractivity contribution in [1.82, 2.24) is 14.8 Å². The van der Waals surface area contributed by atoms with Crippen LogP contribution in [0.3, 0.4) is 0 Å². The number of nitrogens with one attached hydrogen (secondary N) is 1. The summed E-state index contributed by atoms with van der Waals surface area (Å²) < 4.78 is 0. The van der Waals surface area contributed by atoms with Gasteiger partial charge in [-0.3, -0.25) is 14.6 Å². The van der Waals surface area contributed by atoms with Crippen LogP contribution in [-0.4, -0.2) is 53.4 Å². The third kappa shape index (κ3) is 5.58. The number of rotatable bonds is 6. The lowest BCUT2D eigenvalue weighted by atomic mass is 10.1. The third-order valence-electron chi connectivity index (χ3n) is 5.73. The number of thiazole rings is 1. The number of piperazine rings is 1. The number of aryl methyl sites for hydroxylation is 3. The van der Waals surface area contributed by atoms with Gasteiger partial charge in [-0.15, -0.1) is 11.3 Å². The van der Waals surface area contributed by atoms with Gasteiger partial charge in [0.2, 0.25) is 5.91 Å². The Labute approximate surface area is 188 Å². The molecule has 0 radical (unpaired) electrons. The van der Waals surface area contributed by atoms with E-state index in [1.807, 2.05) is 18.2 Å². The van der Waals surface area contributed by atoms with E-state index in [-0.39, 0.29) is 5.91 Å². The number of hydrogen-bond acceptors (Lipinski definition) is 5. The Kier molecular flexibility index (Phi) is 6.80. The zero-order valence-electron chi connectivity index (χ0n) is 18.5. The second kappa shape index (κ2) is 9.73. The van der Waals surface area contributed by atoms with E-state index in [4.69, 9.17) is 4.98 Å². The van der Waals surface area contributed by atoms with Gasteiger partial charge in [-0.1, -0.05) is 48.0 Å². The predicted molar refractivity (Wildman–Crippen MR) is 129 cm³/mol. The molecule has 0 aliphatic carbocycles. The molecule has 1 aromatic heterocycles. The van der Waals surface area contributed by atoms with Gasteiger partial charge in [0.1, 0.15) is 5.01 Å². The molecule has 0 bridgehead atoms. The molecular weight excluding hydrogens is 404 g/mol. The Balaban J connectivity index is 1.26. The second-order valence-electron chi connectivity index (χ2n) is 8.38. The van der Waals surface area contributed by atoms with Crippen molar-refractivity contribution >= 4 is 22.9 Å². The average molecular weight is 435 g/mol. The van der Waals surface area contributed by atoms with Crippen LogP contribution >= 0.6 is 11.3 Å². The zero-order chi connectivity index (χ0) is 21.8. The normalized spacial score (nSPS) is 15.2. The SMILES string of the molecule is Cc1cc(C)c(NC(=O)CN2CCN(Cc3csc(-c4ccccc4)n3)CC2)c(C)c1. The summed E-state index contributed by atoms with van der Waals surface area (Å²) in [7, 11) is 0. The predicted octanol–water partition coefficient (Wildman–Crippen LogP) is 4.49. The fraction of sp³-hybridized carbons (Fsp3) is 0.360. The van der Waals surface area contributed by atoms with Crippen LogP contribution in [0.25, 0.3) is 10.6 Å². The van der Waals surface area contributed by atoms with Crippen LogP contribution in [0, 0.1) is 20.8 Å². The molecule has 31 heavy (non-hydrogen) atoms. The molecule has 1 saturated heterocycles. The van der Waals surface area contributed by atoms with Gasteiger partial charge in [0.25, 0.3) is 0 Å². The Bertz CT molecular complexity index is 1020. The topological polar surface area (TPSA) is 48.5 Å². The summed E-state index contributed by atoms with van der Waals surface area (Å²) in [6, 6.07) is 14.6. The Morgan fingerprint density at radius 3 is 2.32 bits per heavy atom. The van der Waals surface area contributed by atoms with E-state index in [0.717, 1.165) is 60.2 Å². The molecule has 2 heterocycles. The highest BCUT2D eigenvalue weighted by atomic mass is 32.1. The van der Waals surface area contributed by atoms with Crippen molar-refractivity contribution in [2.75, 3.05) is 38.0 Å². The number of carbonyl (C=O) groups excluding carboxylic acids is 1. The summed E-state index contributed by atoms with van der Waals surface area (Å²) >= 11 is 1.70. The standard InChI is InChI=1S/C25H30N4OS/c1-18-13-19(2)24(20(3)14-18)27-23(30)16-29-11-9-28(10-12-29)15-22-17-31-25(26-22)21-7-5-4-6-8-21/h4-8,13-14,17H,9-12,15-16H2,1-3H3,(H,27,30). The molecule has 1 N–H and O–H groups in total. The Morgan fingerprint density at radius 1 is 1.00 bits per heavy atom. The molecule has 0 spiro atoms. The largest absolute Gasteiger partial charge is 0.324 e. The van der Waals surface area contributed by atoms with Crippen molar-refractivity contribution in [1.29, 1.82) is 0 Å². The van der Waals surface area contributed by atoms with Crippen molar-refractivity contribution in [3.05, 3.63) is 70.2 Å². The van der Waals surface area contributed by atoms with E-state index in [0.29, 0.717) is 6.54 Å². The molecule has 0 unspecified atom stereocenters. The summed E-state index contributed by atoms with van der Waals surface area (Å²) in [5, 5.41) is 6.36. The van der Waals surface area contributed by atoms with E-state index in [2.05, 4.69) is 65.5 Å². The lowest BCUT2D eigenvalue weighted by Gasteiger charge is -2.33. The molecule has 1 aliphatic heterocycles. The van der Waals surface area contributed by atoms with E-state index in [1.165, 1.54) is 11.1 Å². The first-order valence-electron chi connectivity index (χ1n) is 10.8. The number of carbonyl (C=O) groups is 1. The van der Waals surface area contributed by atoms with Gasteiger partial charge in [-0.2, -0.15) is 0 Å². The molecule has 5 nitrogen and oxygen atoms in total. The molecule has 0 atom stereocenters. The van der Waals surface area contributed by atoms with Gasteiger partial charge in [0.05, 0.1) is 12.2 Å². The van der Waals surface area contributed by atoms with E-state index >= 15 is 0 Å². The fourth-order valence-electron chi connectivity index (χ4n) is 4.19. The molecule has 4 rings (SSSR count). The van der Waals surface area contributed by atoms with Crippen LogP contribution in [0.2, 0.25) is 0 Å². The maximum atomic E-state index is 12.6. The van der Waals surface area contributed by atoms with Crippen LogP contribution in [-0.2, 0) is 11.3 Å². The monoisotopic (exact) mass is 434 g/mol. The lowest BCUT2D eigenvalue weighted by Crippen LogP contribution is -2.48. The van der Waals surface area contributed by atoms with E-state index < -0.39 is 0 Å². The highest BCUT2D eigenvalue weighted by molar-refractivity contribution is 7.13. The molecule has 1 fully saturated rings. The summed E-state index contributed by atoms with van der Waals surface area (Å²) in [5.74, 6) is 0.0653. The van der Waals surface area contributed by atoms with Gasteiger partial charge in [-0.05, 0) is 31.9 Å². The van der Waals surface area contributed by atoms with Crippen molar-refractivity contribution in [2.24, 2.45) is 0 Å². The number of hydrogen-bond donors (Lipinski definition) is 1. The Morgan fingerprint density at radius 2 is 1.65 bits per heavy atom. The smallest absolute Gasteiger partial charge is 0.238 e. The third-order valence-corrected chi connectivity index (χ3v) is 6.67.